The van der Waals surface area contributed by atoms with Crippen LogP contribution in [0.25, 0.3) is 0 Å². The van der Waals surface area contributed by atoms with Crippen molar-refractivity contribution in [2.45, 2.75) is 44.7 Å². The fourth-order valence-corrected chi connectivity index (χ4v) is 6.64. The molecule has 4 atom stereocenters. The molecule has 0 amide bonds. The van der Waals surface area contributed by atoms with E-state index in [1.54, 1.807) is 0 Å². The second kappa shape index (κ2) is 9.11. The molecule has 2 bridgehead atoms. The maximum Gasteiger partial charge on any atom is 0.191 e. The van der Waals surface area contributed by atoms with E-state index in [9.17, 15) is 8.42 Å². The molecule has 1 aromatic rings. The second-order valence-corrected chi connectivity index (χ2v) is 10.5. The van der Waals surface area contributed by atoms with E-state index < -0.39 is 9.84 Å². The molecule has 27 heavy (non-hydrogen) atoms. The van der Waals surface area contributed by atoms with E-state index >= 15 is 0 Å². The summed E-state index contributed by atoms with van der Waals surface area (Å²) in [7, 11) is -2.83. The average molecular weight is 503 g/mol. The molecule has 0 radical (unpaired) electrons. The monoisotopic (exact) mass is 503 g/mol. The van der Waals surface area contributed by atoms with Gasteiger partial charge >= 0.3 is 0 Å². The van der Waals surface area contributed by atoms with E-state index in [1.165, 1.54) is 31.2 Å². The van der Waals surface area contributed by atoms with E-state index in [4.69, 9.17) is 4.99 Å². The first-order valence-corrected chi connectivity index (χ1v) is 11.7. The molecule has 7 heteroatoms. The van der Waals surface area contributed by atoms with Crippen molar-refractivity contribution in [2.24, 2.45) is 22.7 Å². The van der Waals surface area contributed by atoms with Crippen molar-refractivity contribution < 1.29 is 8.42 Å². The van der Waals surface area contributed by atoms with Crippen LogP contribution in [0, 0.1) is 17.8 Å². The predicted octanol–water partition coefficient (Wildman–Crippen LogP) is 2.96. The van der Waals surface area contributed by atoms with Crippen LogP contribution in [0.1, 0.15) is 37.7 Å². The van der Waals surface area contributed by atoms with Crippen LogP contribution in [-0.4, -0.2) is 38.5 Å². The molecule has 3 aliphatic rings. The first kappa shape index (κ1) is 20.9. The maximum atomic E-state index is 11.7. The molecule has 1 saturated heterocycles. The SMILES string of the molecule is I.O=S1(=O)CCC(CNC(=NCc2ccccc2)NC2CC3CCC2C3)C1. The molecule has 2 N–H and O–H groups in total. The minimum absolute atomic E-state index is 0. The number of rotatable bonds is 5. The lowest BCUT2D eigenvalue weighted by molar-refractivity contribution is 0.386. The first-order valence-electron chi connectivity index (χ1n) is 9.86. The van der Waals surface area contributed by atoms with Crippen LogP contribution in [0.15, 0.2) is 35.3 Å². The van der Waals surface area contributed by atoms with Crippen molar-refractivity contribution in [1.82, 2.24) is 10.6 Å². The molecule has 3 fully saturated rings. The van der Waals surface area contributed by atoms with Crippen molar-refractivity contribution in [3.05, 3.63) is 35.9 Å². The largest absolute Gasteiger partial charge is 0.356 e. The Kier molecular flexibility index (Phi) is 7.05. The van der Waals surface area contributed by atoms with Gasteiger partial charge in [0.05, 0.1) is 18.1 Å². The molecule has 2 aliphatic carbocycles. The summed E-state index contributed by atoms with van der Waals surface area (Å²) in [6, 6.07) is 10.8. The van der Waals surface area contributed by atoms with Gasteiger partial charge in [-0.1, -0.05) is 36.8 Å². The number of hydrogen-bond donors (Lipinski definition) is 2. The van der Waals surface area contributed by atoms with E-state index in [-0.39, 0.29) is 29.9 Å². The van der Waals surface area contributed by atoms with E-state index in [0.717, 1.165) is 24.2 Å². The van der Waals surface area contributed by atoms with Crippen LogP contribution in [0.2, 0.25) is 0 Å². The number of halogens is 1. The zero-order valence-corrected chi connectivity index (χ0v) is 18.8. The summed E-state index contributed by atoms with van der Waals surface area (Å²) in [5.41, 5.74) is 1.19. The van der Waals surface area contributed by atoms with Gasteiger partial charge in [0.1, 0.15) is 0 Å². The van der Waals surface area contributed by atoms with Crippen molar-refractivity contribution in [3.8, 4) is 0 Å². The lowest BCUT2D eigenvalue weighted by atomic mass is 9.95. The normalized spacial score (nSPS) is 31.5. The molecule has 1 aromatic carbocycles. The third-order valence-corrected chi connectivity index (χ3v) is 8.04. The number of nitrogens with one attached hydrogen (secondary N) is 2. The Morgan fingerprint density at radius 1 is 1.11 bits per heavy atom. The molecule has 1 aliphatic heterocycles. The number of guanidine groups is 1. The number of hydrogen-bond acceptors (Lipinski definition) is 3. The lowest BCUT2D eigenvalue weighted by Crippen LogP contribution is -2.47. The highest BCUT2D eigenvalue weighted by Crippen LogP contribution is 2.44. The highest BCUT2D eigenvalue weighted by molar-refractivity contribution is 14.0. The second-order valence-electron chi connectivity index (χ2n) is 8.23. The summed E-state index contributed by atoms with van der Waals surface area (Å²) < 4.78 is 23.4. The minimum Gasteiger partial charge on any atom is -0.356 e. The summed E-state index contributed by atoms with van der Waals surface area (Å²) in [6.45, 7) is 1.32. The molecular weight excluding hydrogens is 473 g/mol. The summed E-state index contributed by atoms with van der Waals surface area (Å²) in [6.07, 6.45) is 6.07. The highest BCUT2D eigenvalue weighted by atomic mass is 127. The van der Waals surface area contributed by atoms with Crippen LogP contribution >= 0.6 is 24.0 Å². The van der Waals surface area contributed by atoms with Crippen molar-refractivity contribution in [2.75, 3.05) is 18.1 Å². The quantitative estimate of drug-likeness (QED) is 0.369. The maximum absolute atomic E-state index is 11.7. The molecular formula is C20H30IN3O2S. The van der Waals surface area contributed by atoms with Crippen LogP contribution in [0.5, 0.6) is 0 Å². The van der Waals surface area contributed by atoms with E-state index in [0.29, 0.717) is 30.6 Å². The Morgan fingerprint density at radius 2 is 1.93 bits per heavy atom. The van der Waals surface area contributed by atoms with Gasteiger partial charge in [-0.2, -0.15) is 0 Å². The number of sulfone groups is 1. The van der Waals surface area contributed by atoms with Crippen LogP contribution in [-0.2, 0) is 16.4 Å². The molecule has 150 valence electrons. The predicted molar refractivity (Wildman–Crippen MR) is 120 cm³/mol. The van der Waals surface area contributed by atoms with Crippen LogP contribution in [0.3, 0.4) is 0 Å². The van der Waals surface area contributed by atoms with E-state index in [2.05, 4.69) is 22.8 Å². The molecule has 2 saturated carbocycles. The number of nitrogens with zero attached hydrogens (tertiary/aromatic N) is 1. The van der Waals surface area contributed by atoms with Gasteiger partial charge in [0.25, 0.3) is 0 Å². The minimum atomic E-state index is -2.83. The van der Waals surface area contributed by atoms with Gasteiger partial charge in [0.2, 0.25) is 0 Å². The number of aliphatic imine (C=N–C) groups is 1. The van der Waals surface area contributed by atoms with Gasteiger partial charge in [0.15, 0.2) is 15.8 Å². The zero-order chi connectivity index (χ0) is 18.0. The number of benzene rings is 1. The van der Waals surface area contributed by atoms with Crippen molar-refractivity contribution in [1.29, 1.82) is 0 Å². The first-order chi connectivity index (χ1) is 12.6. The lowest BCUT2D eigenvalue weighted by Gasteiger charge is -2.26. The van der Waals surface area contributed by atoms with Gasteiger partial charge in [-0.3, -0.25) is 0 Å². The summed E-state index contributed by atoms with van der Waals surface area (Å²) in [5.74, 6) is 3.33. The molecule has 0 spiro atoms. The smallest absolute Gasteiger partial charge is 0.191 e. The summed E-state index contributed by atoms with van der Waals surface area (Å²) in [4.78, 5) is 4.78. The van der Waals surface area contributed by atoms with E-state index in [1.807, 2.05) is 18.2 Å². The molecule has 0 aromatic heterocycles. The van der Waals surface area contributed by atoms with Gasteiger partial charge in [0, 0.05) is 12.6 Å². The van der Waals surface area contributed by atoms with Crippen LogP contribution < -0.4 is 10.6 Å². The Morgan fingerprint density at radius 3 is 2.56 bits per heavy atom. The highest BCUT2D eigenvalue weighted by Gasteiger charge is 2.40. The Hall–Kier alpha value is -0.830. The molecule has 1 heterocycles. The third kappa shape index (κ3) is 5.59. The average Bonchev–Trinajstić information content (AvgIpc) is 3.33. The molecule has 5 nitrogen and oxygen atoms in total. The standard InChI is InChI=1S/C20H29N3O2S.HI/c24-26(25)9-8-17(14-26)13-22-20(21-12-15-4-2-1-3-5-15)23-19-11-16-6-7-18(19)10-16;/h1-5,16-19H,6-14H2,(H2,21,22,23);1H. The number of fused-ring (bicyclic) bond motifs is 2. The third-order valence-electron chi connectivity index (χ3n) is 6.21. The molecule has 4 rings (SSSR count). The fourth-order valence-electron chi connectivity index (χ4n) is 4.78. The van der Waals surface area contributed by atoms with Gasteiger partial charge in [-0.05, 0) is 49.0 Å². The Labute approximate surface area is 179 Å². The summed E-state index contributed by atoms with van der Waals surface area (Å²) in [5, 5.41) is 7.08. The summed E-state index contributed by atoms with van der Waals surface area (Å²) >= 11 is 0. The van der Waals surface area contributed by atoms with Gasteiger partial charge < -0.3 is 10.6 Å². The van der Waals surface area contributed by atoms with Gasteiger partial charge in [-0.15, -0.1) is 24.0 Å². The Balaban J connectivity index is 0.00000210. The van der Waals surface area contributed by atoms with Crippen molar-refractivity contribution >= 4 is 39.8 Å². The fraction of sp³-hybridized carbons (Fsp3) is 0.650. The Bertz CT molecular complexity index is 754. The van der Waals surface area contributed by atoms with Crippen LogP contribution in [0.4, 0.5) is 0 Å². The van der Waals surface area contributed by atoms with Crippen molar-refractivity contribution in [3.63, 3.8) is 0 Å². The zero-order valence-electron chi connectivity index (χ0n) is 15.6. The topological polar surface area (TPSA) is 70.6 Å². The molecule has 4 unspecified atom stereocenters. The van der Waals surface area contributed by atoms with Gasteiger partial charge in [-0.25, -0.2) is 13.4 Å².